The minimum Gasteiger partial charge on any atom is -0.0925 e. The van der Waals surface area contributed by atoms with Gasteiger partial charge in [0.1, 0.15) is 0 Å². The molecule has 1 rings (SSSR count). The van der Waals surface area contributed by atoms with Crippen LogP contribution in [0.4, 0.5) is 0 Å². The fourth-order valence-electron chi connectivity index (χ4n) is 1.06. The average molecular weight is 225 g/mol. The summed E-state index contributed by atoms with van der Waals surface area (Å²) in [5.74, 6) is 0. The maximum Gasteiger partial charge on any atom is 0.00660 e. The Morgan fingerprint density at radius 2 is 2.25 bits per heavy atom. The minimum absolute atomic E-state index is 1.04. The molecule has 0 fully saturated rings. The zero-order chi connectivity index (χ0) is 8.81. The van der Waals surface area contributed by atoms with Gasteiger partial charge in [0.05, 0.1) is 0 Å². The molecule has 1 heteroatoms. The molecule has 64 valence electrons. The third-order valence-electron chi connectivity index (χ3n) is 1.63. The van der Waals surface area contributed by atoms with Crippen LogP contribution in [0.5, 0.6) is 0 Å². The van der Waals surface area contributed by atoms with Crippen molar-refractivity contribution >= 4 is 22.0 Å². The van der Waals surface area contributed by atoms with E-state index in [1.165, 1.54) is 11.1 Å². The van der Waals surface area contributed by atoms with Crippen molar-refractivity contribution in [3.05, 3.63) is 41.5 Å². The van der Waals surface area contributed by atoms with Crippen LogP contribution < -0.4 is 0 Å². The highest BCUT2D eigenvalue weighted by atomic mass is 79.9. The molecule has 0 saturated heterocycles. The molecule has 1 aromatic rings. The summed E-state index contributed by atoms with van der Waals surface area (Å²) in [7, 11) is 0. The van der Waals surface area contributed by atoms with E-state index in [-0.39, 0.29) is 0 Å². The van der Waals surface area contributed by atoms with Gasteiger partial charge in [-0.2, -0.15) is 0 Å². The zero-order valence-corrected chi connectivity index (χ0v) is 8.84. The van der Waals surface area contributed by atoms with Crippen LogP contribution in [0.25, 0.3) is 6.08 Å². The normalized spacial score (nSPS) is 10.8. The van der Waals surface area contributed by atoms with Gasteiger partial charge >= 0.3 is 0 Å². The molecule has 0 radical (unpaired) electrons. The van der Waals surface area contributed by atoms with Crippen LogP contribution in [0.1, 0.15) is 17.5 Å². The van der Waals surface area contributed by atoms with Gasteiger partial charge < -0.3 is 0 Å². The Hall–Kier alpha value is -0.560. The SMILES string of the molecule is Cc1cccc(/C=C/CCBr)c1. The lowest BCUT2D eigenvalue weighted by Crippen LogP contribution is -1.74. The fraction of sp³-hybridized carbons (Fsp3) is 0.273. The second-order valence-corrected chi connectivity index (χ2v) is 3.59. The number of aryl methyl sites for hydroxylation is 1. The number of alkyl halides is 1. The van der Waals surface area contributed by atoms with Crippen LogP contribution in [-0.2, 0) is 0 Å². The third-order valence-corrected chi connectivity index (χ3v) is 2.09. The Kier molecular flexibility index (Phi) is 4.09. The summed E-state index contributed by atoms with van der Waals surface area (Å²) in [4.78, 5) is 0. The first-order valence-corrected chi connectivity index (χ1v) is 5.24. The van der Waals surface area contributed by atoms with E-state index in [1.807, 2.05) is 0 Å². The summed E-state index contributed by atoms with van der Waals surface area (Å²) in [5, 5.41) is 1.04. The van der Waals surface area contributed by atoms with Crippen molar-refractivity contribution in [2.24, 2.45) is 0 Å². The molecule has 0 aliphatic carbocycles. The Labute approximate surface area is 82.4 Å². The Balaban J connectivity index is 2.63. The van der Waals surface area contributed by atoms with Crippen molar-refractivity contribution in [1.82, 2.24) is 0 Å². The molecule has 0 aromatic heterocycles. The first-order valence-electron chi connectivity index (χ1n) is 4.12. The lowest BCUT2D eigenvalue weighted by atomic mass is 10.1. The Morgan fingerprint density at radius 1 is 1.42 bits per heavy atom. The highest BCUT2D eigenvalue weighted by Gasteiger charge is 1.85. The number of benzene rings is 1. The van der Waals surface area contributed by atoms with E-state index in [2.05, 4.69) is 59.3 Å². The number of allylic oxidation sites excluding steroid dienone is 1. The Morgan fingerprint density at radius 3 is 2.92 bits per heavy atom. The van der Waals surface area contributed by atoms with Gasteiger partial charge in [-0.1, -0.05) is 57.9 Å². The molecule has 0 aliphatic heterocycles. The lowest BCUT2D eigenvalue weighted by Gasteiger charge is -1.94. The summed E-state index contributed by atoms with van der Waals surface area (Å²) in [6, 6.07) is 8.51. The van der Waals surface area contributed by atoms with Crippen molar-refractivity contribution in [2.45, 2.75) is 13.3 Å². The first-order chi connectivity index (χ1) is 5.83. The summed E-state index contributed by atoms with van der Waals surface area (Å²) in [6.07, 6.45) is 5.44. The summed E-state index contributed by atoms with van der Waals surface area (Å²) in [6.45, 7) is 2.11. The van der Waals surface area contributed by atoms with Crippen LogP contribution >= 0.6 is 15.9 Å². The fourth-order valence-corrected chi connectivity index (χ4v) is 1.32. The van der Waals surface area contributed by atoms with Crippen molar-refractivity contribution < 1.29 is 0 Å². The predicted octanol–water partition coefficient (Wildman–Crippen LogP) is 3.79. The molecule has 0 unspecified atom stereocenters. The largest absolute Gasteiger partial charge is 0.0925 e. The second-order valence-electron chi connectivity index (χ2n) is 2.79. The number of rotatable bonds is 3. The topological polar surface area (TPSA) is 0 Å². The molecule has 0 atom stereocenters. The molecule has 0 N–H and O–H groups in total. The van der Waals surface area contributed by atoms with E-state index in [9.17, 15) is 0 Å². The van der Waals surface area contributed by atoms with E-state index < -0.39 is 0 Å². The van der Waals surface area contributed by atoms with E-state index in [0.717, 1.165) is 11.8 Å². The number of halogens is 1. The van der Waals surface area contributed by atoms with E-state index in [0.29, 0.717) is 0 Å². The minimum atomic E-state index is 1.04. The quantitative estimate of drug-likeness (QED) is 0.686. The van der Waals surface area contributed by atoms with Crippen molar-refractivity contribution in [2.75, 3.05) is 5.33 Å². The van der Waals surface area contributed by atoms with Gasteiger partial charge in [0.25, 0.3) is 0 Å². The van der Waals surface area contributed by atoms with E-state index >= 15 is 0 Å². The molecule has 0 nitrogen and oxygen atoms in total. The number of hydrogen-bond acceptors (Lipinski definition) is 0. The van der Waals surface area contributed by atoms with Crippen LogP contribution in [-0.4, -0.2) is 5.33 Å². The predicted molar refractivity (Wildman–Crippen MR) is 58.6 cm³/mol. The first kappa shape index (κ1) is 9.53. The molecule has 1 aromatic carbocycles. The molecular formula is C11H13Br. The molecular weight excluding hydrogens is 212 g/mol. The molecule has 0 bridgehead atoms. The van der Waals surface area contributed by atoms with Gasteiger partial charge in [-0.15, -0.1) is 0 Å². The molecule has 0 amide bonds. The Bertz CT molecular complexity index is 263. The maximum absolute atomic E-state index is 3.39. The lowest BCUT2D eigenvalue weighted by molar-refractivity contribution is 1.27. The molecule has 0 saturated carbocycles. The van der Waals surface area contributed by atoms with Crippen LogP contribution in [0.3, 0.4) is 0 Å². The van der Waals surface area contributed by atoms with Crippen LogP contribution in [0.2, 0.25) is 0 Å². The highest BCUT2D eigenvalue weighted by molar-refractivity contribution is 9.09. The molecule has 0 aliphatic rings. The smallest absolute Gasteiger partial charge is 0.00660 e. The van der Waals surface area contributed by atoms with Crippen LogP contribution in [0.15, 0.2) is 30.3 Å². The standard InChI is InChI=1S/C11H13Br/c1-10-5-4-7-11(9-10)6-2-3-8-12/h2,4-7,9H,3,8H2,1H3/b6-2+. The zero-order valence-electron chi connectivity index (χ0n) is 7.26. The van der Waals surface area contributed by atoms with Gasteiger partial charge in [0.2, 0.25) is 0 Å². The number of hydrogen-bond donors (Lipinski definition) is 0. The third kappa shape index (κ3) is 3.22. The molecule has 0 heterocycles. The van der Waals surface area contributed by atoms with Crippen molar-refractivity contribution in [3.8, 4) is 0 Å². The van der Waals surface area contributed by atoms with E-state index in [4.69, 9.17) is 0 Å². The van der Waals surface area contributed by atoms with E-state index in [1.54, 1.807) is 0 Å². The average Bonchev–Trinajstić information content (AvgIpc) is 2.05. The summed E-state index contributed by atoms with van der Waals surface area (Å²) in [5.41, 5.74) is 2.60. The second kappa shape index (κ2) is 5.15. The summed E-state index contributed by atoms with van der Waals surface area (Å²) >= 11 is 3.39. The van der Waals surface area contributed by atoms with Gasteiger partial charge in [-0.05, 0) is 18.9 Å². The highest BCUT2D eigenvalue weighted by Crippen LogP contribution is 2.06. The molecule has 12 heavy (non-hydrogen) atoms. The summed E-state index contributed by atoms with van der Waals surface area (Å²) < 4.78 is 0. The van der Waals surface area contributed by atoms with Gasteiger partial charge in [0, 0.05) is 5.33 Å². The van der Waals surface area contributed by atoms with Crippen molar-refractivity contribution in [3.63, 3.8) is 0 Å². The van der Waals surface area contributed by atoms with Gasteiger partial charge in [-0.25, -0.2) is 0 Å². The van der Waals surface area contributed by atoms with Gasteiger partial charge in [0.15, 0.2) is 0 Å². The van der Waals surface area contributed by atoms with Crippen LogP contribution in [0, 0.1) is 6.92 Å². The molecule has 0 spiro atoms. The monoisotopic (exact) mass is 224 g/mol. The van der Waals surface area contributed by atoms with Crippen molar-refractivity contribution in [1.29, 1.82) is 0 Å². The maximum atomic E-state index is 3.39. The van der Waals surface area contributed by atoms with Gasteiger partial charge in [-0.3, -0.25) is 0 Å².